The predicted octanol–water partition coefficient (Wildman–Crippen LogP) is 3.16. The highest BCUT2D eigenvalue weighted by molar-refractivity contribution is 8.06. The molecule has 0 spiro atoms. The number of rotatable bonds is 13. The van der Waals surface area contributed by atoms with Crippen LogP contribution in [0.15, 0.2) is 0 Å². The number of nitrogens with one attached hydrogen (secondary N) is 1. The molecule has 0 amide bonds. The second-order valence-electron chi connectivity index (χ2n) is 5.72. The van der Waals surface area contributed by atoms with Crippen molar-refractivity contribution in [1.82, 2.24) is 5.32 Å². The van der Waals surface area contributed by atoms with Gasteiger partial charge in [-0.15, -0.1) is 0 Å². The Balaban J connectivity index is 1.81. The van der Waals surface area contributed by atoms with Gasteiger partial charge < -0.3 is 15.2 Å². The van der Waals surface area contributed by atoms with Gasteiger partial charge in [-0.05, 0) is 6.42 Å². The number of ether oxygens (including phenoxy) is 1. The summed E-state index contributed by atoms with van der Waals surface area (Å²) in [6.45, 7) is 5.15. The summed E-state index contributed by atoms with van der Waals surface area (Å²) in [7, 11) is 0. The Hall–Kier alpha value is 0.580. The van der Waals surface area contributed by atoms with E-state index in [0.29, 0.717) is 18.4 Å². The van der Waals surface area contributed by atoms with E-state index in [9.17, 15) is 5.11 Å². The van der Waals surface area contributed by atoms with Gasteiger partial charge in [-0.3, -0.25) is 0 Å². The van der Waals surface area contributed by atoms with Gasteiger partial charge in [0.1, 0.15) is 0 Å². The molecule has 3 nitrogen and oxygen atoms in total. The summed E-state index contributed by atoms with van der Waals surface area (Å²) in [5.74, 6) is 3.79. The van der Waals surface area contributed by atoms with Crippen LogP contribution in [0.3, 0.4) is 0 Å². The molecule has 1 aliphatic rings. The molecule has 2 atom stereocenters. The molecule has 1 aliphatic heterocycles. The summed E-state index contributed by atoms with van der Waals surface area (Å²) in [5, 5.41) is 13.9. The predicted molar refractivity (Wildman–Crippen MR) is 96.6 cm³/mol. The summed E-state index contributed by atoms with van der Waals surface area (Å²) in [5.41, 5.74) is 0. The van der Waals surface area contributed by atoms with E-state index in [0.717, 1.165) is 19.6 Å². The highest BCUT2D eigenvalue weighted by atomic mass is 32.2. The fourth-order valence-corrected chi connectivity index (χ4v) is 4.97. The minimum atomic E-state index is -0.369. The molecule has 0 aliphatic carbocycles. The van der Waals surface area contributed by atoms with E-state index in [2.05, 4.69) is 24.0 Å². The molecule has 0 radical (unpaired) electrons. The Kier molecular flexibility index (Phi) is 13.3. The fraction of sp³-hybridized carbons (Fsp3) is 1.00. The van der Waals surface area contributed by atoms with E-state index >= 15 is 0 Å². The van der Waals surface area contributed by atoms with Crippen molar-refractivity contribution in [3.05, 3.63) is 0 Å². The maximum atomic E-state index is 9.85. The van der Waals surface area contributed by atoms with E-state index < -0.39 is 0 Å². The summed E-state index contributed by atoms with van der Waals surface area (Å²) < 4.78 is 5.55. The Labute approximate surface area is 139 Å². The quantitative estimate of drug-likeness (QED) is 0.506. The second-order valence-corrected chi connectivity index (χ2v) is 8.28. The largest absolute Gasteiger partial charge is 0.389 e. The fourth-order valence-electron chi connectivity index (χ4n) is 2.33. The zero-order chi connectivity index (χ0) is 15.2. The third-order valence-corrected chi connectivity index (χ3v) is 6.43. The van der Waals surface area contributed by atoms with E-state index in [1.54, 1.807) is 0 Å². The molecule has 0 saturated carbocycles. The Morgan fingerprint density at radius 1 is 1.19 bits per heavy atom. The van der Waals surface area contributed by atoms with E-state index in [4.69, 9.17) is 4.74 Å². The molecule has 2 unspecified atom stereocenters. The number of aliphatic hydroxyl groups excluding tert-OH is 1. The molecule has 126 valence electrons. The van der Waals surface area contributed by atoms with Crippen LogP contribution in [-0.2, 0) is 4.74 Å². The van der Waals surface area contributed by atoms with Crippen molar-refractivity contribution < 1.29 is 9.84 Å². The van der Waals surface area contributed by atoms with Crippen molar-refractivity contribution in [1.29, 1.82) is 0 Å². The van der Waals surface area contributed by atoms with Crippen molar-refractivity contribution in [2.45, 2.75) is 56.8 Å². The lowest BCUT2D eigenvalue weighted by Crippen LogP contribution is -2.36. The molecule has 2 N–H and O–H groups in total. The summed E-state index contributed by atoms with van der Waals surface area (Å²) in [6, 6.07) is 0. The van der Waals surface area contributed by atoms with Gasteiger partial charge in [0.25, 0.3) is 0 Å². The van der Waals surface area contributed by atoms with Crippen LogP contribution in [0.25, 0.3) is 0 Å². The molecule has 0 aromatic heterocycles. The van der Waals surface area contributed by atoms with Gasteiger partial charge >= 0.3 is 0 Å². The van der Waals surface area contributed by atoms with Gasteiger partial charge in [0.2, 0.25) is 0 Å². The minimum absolute atomic E-state index is 0.369. The maximum absolute atomic E-state index is 9.85. The summed E-state index contributed by atoms with van der Waals surface area (Å²) in [6.07, 6.45) is 7.33. The summed E-state index contributed by atoms with van der Waals surface area (Å²) in [4.78, 5) is 0. The first-order valence-electron chi connectivity index (χ1n) is 8.48. The van der Waals surface area contributed by atoms with Crippen LogP contribution in [0.1, 0.15) is 45.4 Å². The molecular weight excluding hydrogens is 302 g/mol. The lowest BCUT2D eigenvalue weighted by atomic mass is 10.1. The molecule has 0 aromatic rings. The molecule has 1 rings (SSSR count). The number of hydrogen-bond acceptors (Lipinski definition) is 5. The first kappa shape index (κ1) is 19.6. The SMILES string of the molecule is CCCCCCCCOCC(O)CNCC1CSCCS1. The molecule has 1 saturated heterocycles. The lowest BCUT2D eigenvalue weighted by Gasteiger charge is -2.22. The third kappa shape index (κ3) is 11.8. The van der Waals surface area contributed by atoms with Gasteiger partial charge in [-0.25, -0.2) is 0 Å². The molecule has 1 heterocycles. The van der Waals surface area contributed by atoms with Crippen LogP contribution in [0.4, 0.5) is 0 Å². The zero-order valence-electron chi connectivity index (χ0n) is 13.5. The number of unbranched alkanes of at least 4 members (excludes halogenated alkanes) is 5. The van der Waals surface area contributed by atoms with Crippen molar-refractivity contribution in [2.75, 3.05) is 43.6 Å². The van der Waals surface area contributed by atoms with E-state index in [1.165, 1.54) is 49.4 Å². The normalized spacial score (nSPS) is 20.6. The standard InChI is InChI=1S/C16H33NO2S2/c1-2-3-4-5-6-7-8-19-13-15(18)11-17-12-16-14-20-9-10-21-16/h15-18H,2-14H2,1H3. The molecule has 21 heavy (non-hydrogen) atoms. The maximum Gasteiger partial charge on any atom is 0.0897 e. The van der Waals surface area contributed by atoms with Gasteiger partial charge in [0, 0.05) is 42.2 Å². The number of hydrogen-bond donors (Lipinski definition) is 2. The molecule has 5 heteroatoms. The first-order valence-corrected chi connectivity index (χ1v) is 10.7. The van der Waals surface area contributed by atoms with Gasteiger partial charge in [-0.2, -0.15) is 23.5 Å². The Bertz CT molecular complexity index is 226. The minimum Gasteiger partial charge on any atom is -0.389 e. The smallest absolute Gasteiger partial charge is 0.0897 e. The van der Waals surface area contributed by atoms with Crippen molar-refractivity contribution in [3.8, 4) is 0 Å². The van der Waals surface area contributed by atoms with E-state index in [1.807, 2.05) is 11.8 Å². The molecular formula is C16H33NO2S2. The van der Waals surface area contributed by atoms with Crippen molar-refractivity contribution in [3.63, 3.8) is 0 Å². The summed E-state index contributed by atoms with van der Waals surface area (Å²) >= 11 is 4.09. The number of aliphatic hydroxyl groups is 1. The Morgan fingerprint density at radius 2 is 2.00 bits per heavy atom. The van der Waals surface area contributed by atoms with Gasteiger partial charge in [-0.1, -0.05) is 39.0 Å². The van der Waals surface area contributed by atoms with E-state index in [-0.39, 0.29) is 6.10 Å². The third-order valence-electron chi connectivity index (χ3n) is 3.59. The van der Waals surface area contributed by atoms with Crippen LogP contribution < -0.4 is 5.32 Å². The molecule has 0 aromatic carbocycles. The van der Waals surface area contributed by atoms with Gasteiger partial charge in [0.15, 0.2) is 0 Å². The monoisotopic (exact) mass is 335 g/mol. The average Bonchev–Trinajstić information content (AvgIpc) is 2.51. The van der Waals surface area contributed by atoms with Crippen LogP contribution >= 0.6 is 23.5 Å². The van der Waals surface area contributed by atoms with Gasteiger partial charge in [0.05, 0.1) is 12.7 Å². The topological polar surface area (TPSA) is 41.5 Å². The second kappa shape index (κ2) is 14.2. The first-order chi connectivity index (χ1) is 10.3. The highest BCUT2D eigenvalue weighted by Crippen LogP contribution is 2.23. The van der Waals surface area contributed by atoms with Crippen LogP contribution in [-0.4, -0.2) is 60.0 Å². The molecule has 0 bridgehead atoms. The van der Waals surface area contributed by atoms with Crippen molar-refractivity contribution >= 4 is 23.5 Å². The highest BCUT2D eigenvalue weighted by Gasteiger charge is 2.14. The Morgan fingerprint density at radius 3 is 2.76 bits per heavy atom. The van der Waals surface area contributed by atoms with Crippen LogP contribution in [0.2, 0.25) is 0 Å². The number of thioether (sulfide) groups is 2. The lowest BCUT2D eigenvalue weighted by molar-refractivity contribution is 0.0356. The zero-order valence-corrected chi connectivity index (χ0v) is 15.2. The van der Waals surface area contributed by atoms with Crippen LogP contribution in [0, 0.1) is 0 Å². The molecule has 1 fully saturated rings. The van der Waals surface area contributed by atoms with Crippen LogP contribution in [0.5, 0.6) is 0 Å². The average molecular weight is 336 g/mol. The van der Waals surface area contributed by atoms with Crippen molar-refractivity contribution in [2.24, 2.45) is 0 Å².